The van der Waals surface area contributed by atoms with E-state index in [9.17, 15) is 8.42 Å². The molecule has 1 aromatic heterocycles. The van der Waals surface area contributed by atoms with Crippen molar-refractivity contribution in [3.63, 3.8) is 0 Å². The van der Waals surface area contributed by atoms with Crippen molar-refractivity contribution in [1.29, 1.82) is 0 Å². The maximum Gasteiger partial charge on any atom is 0.229 e. The molecule has 9 heteroatoms. The van der Waals surface area contributed by atoms with Crippen LogP contribution in [0.4, 0.5) is 23.1 Å². The summed E-state index contributed by atoms with van der Waals surface area (Å²) in [6, 6.07) is 12.0. The van der Waals surface area contributed by atoms with Crippen LogP contribution in [0, 0.1) is 0 Å². The van der Waals surface area contributed by atoms with E-state index in [1.807, 2.05) is 6.07 Å². The fourth-order valence-corrected chi connectivity index (χ4v) is 5.59. The van der Waals surface area contributed by atoms with Gasteiger partial charge in [-0.3, -0.25) is 0 Å². The lowest BCUT2D eigenvalue weighted by Gasteiger charge is -2.23. The lowest BCUT2D eigenvalue weighted by Crippen LogP contribution is -2.15. The number of methoxy groups -OCH3 is 1. The number of nitrogens with one attached hydrogen (secondary N) is 2. The molecule has 3 aromatic rings. The van der Waals surface area contributed by atoms with Crippen molar-refractivity contribution in [2.45, 2.75) is 62.0 Å². The zero-order chi connectivity index (χ0) is 27.5. The lowest BCUT2D eigenvalue weighted by molar-refractivity contribution is 0.411. The first-order valence-electron chi connectivity index (χ1n) is 13.2. The molecule has 0 unspecified atom stereocenters. The Balaban J connectivity index is 1.64. The standard InChI is InChI=1S/C26H31ClN4O3S/c1-17(2)35(32,33)24-12-8-7-11-22(24)29-25-20(27)16-28-26(31-25)30-21-14-13-19(15-23(21)34-3)18-9-5-4-6-10-18/h7-8,11-18H,4-6,9-10H2,1-3H3,(H2,28,29,30,31)/i3D3. The monoisotopic (exact) mass is 517 g/mol. The summed E-state index contributed by atoms with van der Waals surface area (Å²) < 4.78 is 53.9. The van der Waals surface area contributed by atoms with Crippen molar-refractivity contribution < 1.29 is 17.3 Å². The number of hydrogen-bond acceptors (Lipinski definition) is 7. The summed E-state index contributed by atoms with van der Waals surface area (Å²) in [7, 11) is -6.21. The van der Waals surface area contributed by atoms with Gasteiger partial charge in [0.15, 0.2) is 15.7 Å². The third-order valence-electron chi connectivity index (χ3n) is 6.25. The molecular weight excluding hydrogens is 484 g/mol. The molecule has 4 rings (SSSR count). The van der Waals surface area contributed by atoms with E-state index in [-0.39, 0.29) is 27.4 Å². The molecule has 1 heterocycles. The first-order valence-corrected chi connectivity index (χ1v) is 13.6. The van der Waals surface area contributed by atoms with E-state index in [4.69, 9.17) is 20.5 Å². The van der Waals surface area contributed by atoms with Crippen molar-refractivity contribution in [1.82, 2.24) is 9.97 Å². The summed E-state index contributed by atoms with van der Waals surface area (Å²) >= 11 is 6.34. The van der Waals surface area contributed by atoms with Crippen LogP contribution in [0.5, 0.6) is 5.75 Å². The first kappa shape index (κ1) is 21.4. The predicted molar refractivity (Wildman–Crippen MR) is 141 cm³/mol. The second-order valence-corrected chi connectivity index (χ2v) is 11.8. The van der Waals surface area contributed by atoms with Gasteiger partial charge in [-0.2, -0.15) is 4.98 Å². The number of para-hydroxylation sites is 1. The molecule has 0 spiro atoms. The number of ether oxygens (including phenoxy) is 1. The van der Waals surface area contributed by atoms with Crippen LogP contribution in [0.3, 0.4) is 0 Å². The largest absolute Gasteiger partial charge is 0.495 e. The Labute approximate surface area is 216 Å². The minimum Gasteiger partial charge on any atom is -0.495 e. The van der Waals surface area contributed by atoms with E-state index in [1.54, 1.807) is 44.2 Å². The van der Waals surface area contributed by atoms with Crippen LogP contribution in [0.2, 0.25) is 5.02 Å². The van der Waals surface area contributed by atoms with E-state index in [2.05, 4.69) is 20.6 Å². The van der Waals surface area contributed by atoms with Crippen LogP contribution >= 0.6 is 11.6 Å². The number of halogens is 1. The number of nitrogens with zero attached hydrogens (tertiary/aromatic N) is 2. The van der Waals surface area contributed by atoms with E-state index in [0.717, 1.165) is 31.2 Å². The number of anilines is 4. The summed E-state index contributed by atoms with van der Waals surface area (Å²) in [6.07, 6.45) is 7.01. The highest BCUT2D eigenvalue weighted by Gasteiger charge is 2.23. The Bertz CT molecular complexity index is 1390. The van der Waals surface area contributed by atoms with Gasteiger partial charge in [0, 0.05) is 0 Å². The quantitative estimate of drug-likeness (QED) is 0.337. The molecule has 186 valence electrons. The van der Waals surface area contributed by atoms with Crippen molar-refractivity contribution in [3.8, 4) is 5.75 Å². The highest BCUT2D eigenvalue weighted by Crippen LogP contribution is 2.37. The Morgan fingerprint density at radius 2 is 1.86 bits per heavy atom. The summed E-state index contributed by atoms with van der Waals surface area (Å²) in [5.74, 6) is 0.852. The molecule has 0 saturated heterocycles. The summed E-state index contributed by atoms with van der Waals surface area (Å²) in [5.41, 5.74) is 1.75. The van der Waals surface area contributed by atoms with Crippen LogP contribution in [0.15, 0.2) is 53.6 Å². The second-order valence-electron chi connectivity index (χ2n) is 8.92. The summed E-state index contributed by atoms with van der Waals surface area (Å²) in [5, 5.41) is 5.60. The normalized spacial score (nSPS) is 16.3. The van der Waals surface area contributed by atoms with E-state index in [1.165, 1.54) is 18.7 Å². The van der Waals surface area contributed by atoms with Gasteiger partial charge in [0.1, 0.15) is 10.8 Å². The van der Waals surface area contributed by atoms with Crippen LogP contribution in [0.1, 0.15) is 61.5 Å². The van der Waals surface area contributed by atoms with Gasteiger partial charge in [-0.25, -0.2) is 13.4 Å². The van der Waals surface area contributed by atoms with Gasteiger partial charge in [0.25, 0.3) is 0 Å². The minimum atomic E-state index is -3.57. The lowest BCUT2D eigenvalue weighted by atomic mass is 9.84. The average molecular weight is 518 g/mol. The number of aromatic nitrogens is 2. The predicted octanol–water partition coefficient (Wildman–Crippen LogP) is 6.86. The molecule has 0 bridgehead atoms. The van der Waals surface area contributed by atoms with E-state index < -0.39 is 22.1 Å². The highest BCUT2D eigenvalue weighted by molar-refractivity contribution is 7.92. The molecule has 2 N–H and O–H groups in total. The topological polar surface area (TPSA) is 93.2 Å². The molecule has 1 saturated carbocycles. The Morgan fingerprint density at radius 3 is 2.60 bits per heavy atom. The third-order valence-corrected chi connectivity index (χ3v) is 8.74. The van der Waals surface area contributed by atoms with Gasteiger partial charge in [0.2, 0.25) is 5.95 Å². The second kappa shape index (κ2) is 10.8. The Kier molecular flexibility index (Phi) is 6.63. The van der Waals surface area contributed by atoms with Gasteiger partial charge >= 0.3 is 0 Å². The van der Waals surface area contributed by atoms with Gasteiger partial charge in [-0.05, 0) is 62.4 Å². The molecule has 1 aliphatic rings. The number of rotatable bonds is 8. The van der Waals surface area contributed by atoms with Gasteiger partial charge in [-0.1, -0.05) is 49.1 Å². The number of sulfone groups is 1. The molecule has 1 fully saturated rings. The van der Waals surface area contributed by atoms with Crippen LogP contribution in [-0.4, -0.2) is 30.7 Å². The molecular formula is C26H31ClN4O3S. The fraction of sp³-hybridized carbons (Fsp3) is 0.385. The van der Waals surface area contributed by atoms with Gasteiger partial charge in [0.05, 0.1) is 38.9 Å². The Hall–Kier alpha value is -2.84. The molecule has 35 heavy (non-hydrogen) atoms. The SMILES string of the molecule is [2H]C([2H])([2H])Oc1cc(C2CCCCC2)ccc1Nc1ncc(Cl)c(Nc2ccccc2S(=O)(=O)C(C)C)n1. The smallest absolute Gasteiger partial charge is 0.229 e. The zero-order valence-corrected chi connectivity index (χ0v) is 21.3. The third kappa shape index (κ3) is 5.70. The van der Waals surface area contributed by atoms with Crippen LogP contribution in [0.25, 0.3) is 0 Å². The van der Waals surface area contributed by atoms with Gasteiger partial charge < -0.3 is 15.4 Å². The highest BCUT2D eigenvalue weighted by atomic mass is 35.5. The molecule has 0 amide bonds. The molecule has 0 atom stereocenters. The average Bonchev–Trinajstić information content (AvgIpc) is 2.87. The first-order chi connectivity index (χ1) is 17.9. The minimum absolute atomic E-state index is 0.127. The van der Waals surface area contributed by atoms with Gasteiger partial charge in [-0.15, -0.1) is 0 Å². The van der Waals surface area contributed by atoms with E-state index in [0.29, 0.717) is 17.3 Å². The Morgan fingerprint density at radius 1 is 1.09 bits per heavy atom. The number of hydrogen-bond donors (Lipinski definition) is 2. The fourth-order valence-electron chi connectivity index (χ4n) is 4.25. The zero-order valence-electron chi connectivity index (χ0n) is 22.7. The summed E-state index contributed by atoms with van der Waals surface area (Å²) in [4.78, 5) is 8.77. The molecule has 1 aliphatic carbocycles. The van der Waals surface area contributed by atoms with Crippen molar-refractivity contribution >= 4 is 44.6 Å². The number of benzene rings is 2. The van der Waals surface area contributed by atoms with Crippen LogP contribution in [-0.2, 0) is 9.84 Å². The summed E-state index contributed by atoms with van der Waals surface area (Å²) in [6.45, 7) is 3.23. The molecule has 2 aromatic carbocycles. The van der Waals surface area contributed by atoms with E-state index >= 15 is 0 Å². The van der Waals surface area contributed by atoms with Crippen molar-refractivity contribution in [3.05, 3.63) is 59.2 Å². The molecule has 0 radical (unpaired) electrons. The maximum absolute atomic E-state index is 12.9. The molecule has 7 nitrogen and oxygen atoms in total. The van der Waals surface area contributed by atoms with Crippen molar-refractivity contribution in [2.24, 2.45) is 0 Å². The maximum atomic E-state index is 12.9. The molecule has 0 aliphatic heterocycles. The van der Waals surface area contributed by atoms with Crippen LogP contribution < -0.4 is 15.4 Å². The van der Waals surface area contributed by atoms with Crippen molar-refractivity contribution in [2.75, 3.05) is 17.7 Å².